The Hall–Kier alpha value is -1.21. The van der Waals surface area contributed by atoms with Crippen LogP contribution >= 0.6 is 35.0 Å². The molecule has 1 saturated heterocycles. The van der Waals surface area contributed by atoms with E-state index in [0.29, 0.717) is 20.9 Å². The largest absolute Gasteiger partial charge is 0.352 e. The summed E-state index contributed by atoms with van der Waals surface area (Å²) < 4.78 is 0. The third kappa shape index (κ3) is 4.14. The zero-order chi connectivity index (χ0) is 18.0. The van der Waals surface area contributed by atoms with Crippen LogP contribution in [0.3, 0.4) is 0 Å². The van der Waals surface area contributed by atoms with Gasteiger partial charge in [0.1, 0.15) is 0 Å². The molecule has 3 N–H and O–H groups in total. The molecule has 2 aromatic rings. The Bertz CT molecular complexity index is 819. The molecule has 1 aromatic carbocycles. The first kappa shape index (κ1) is 18.6. The molecule has 1 aliphatic heterocycles. The highest BCUT2D eigenvalue weighted by atomic mass is 35.5. The molecule has 25 heavy (non-hydrogen) atoms. The van der Waals surface area contributed by atoms with Crippen LogP contribution < -0.4 is 16.2 Å². The van der Waals surface area contributed by atoms with Gasteiger partial charge in [-0.1, -0.05) is 48.0 Å². The van der Waals surface area contributed by atoms with Crippen molar-refractivity contribution in [2.75, 3.05) is 18.0 Å². The highest BCUT2D eigenvalue weighted by Crippen LogP contribution is 2.36. The topological polar surface area (TPSA) is 75.0 Å². The van der Waals surface area contributed by atoms with Gasteiger partial charge in [0, 0.05) is 23.5 Å². The van der Waals surface area contributed by atoms with Gasteiger partial charge in [0.15, 0.2) is 5.82 Å². The van der Waals surface area contributed by atoms with Crippen molar-refractivity contribution < 1.29 is 0 Å². The zero-order valence-corrected chi connectivity index (χ0v) is 16.2. The molecule has 0 bridgehead atoms. The number of nitrogens with zero attached hydrogens (tertiary/aromatic N) is 2. The standard InChI is InChI=1S/C17H20Cl2N4OS/c1-2-17(20)6-8-23(9-7-17)15-16(24)22-13(10-21-15)25-12-5-3-4-11(18)14(12)19/h3-5,10H,2,6-9,20H2,1H3,(H,22,24). The first-order valence-corrected chi connectivity index (χ1v) is 9.74. The Kier molecular flexibility index (Phi) is 5.63. The van der Waals surface area contributed by atoms with E-state index in [1.165, 1.54) is 11.8 Å². The van der Waals surface area contributed by atoms with Crippen molar-refractivity contribution in [3.8, 4) is 0 Å². The first-order valence-electron chi connectivity index (χ1n) is 8.17. The number of aromatic amines is 1. The lowest BCUT2D eigenvalue weighted by Gasteiger charge is -2.38. The molecule has 0 spiro atoms. The van der Waals surface area contributed by atoms with Gasteiger partial charge < -0.3 is 15.6 Å². The summed E-state index contributed by atoms with van der Waals surface area (Å²) in [5, 5.41) is 1.57. The minimum atomic E-state index is -0.204. The fourth-order valence-corrected chi connectivity index (χ4v) is 4.16. The van der Waals surface area contributed by atoms with Gasteiger partial charge in [-0.2, -0.15) is 0 Å². The minimum absolute atomic E-state index is 0.123. The van der Waals surface area contributed by atoms with E-state index in [2.05, 4.69) is 16.9 Å². The third-order valence-electron chi connectivity index (χ3n) is 4.64. The van der Waals surface area contributed by atoms with E-state index in [1.54, 1.807) is 12.3 Å². The number of piperidine rings is 1. The summed E-state index contributed by atoms with van der Waals surface area (Å²) in [6.07, 6.45) is 4.32. The minimum Gasteiger partial charge on any atom is -0.352 e. The number of anilines is 1. The Labute approximate surface area is 160 Å². The number of aromatic nitrogens is 2. The van der Waals surface area contributed by atoms with Crippen LogP contribution in [0, 0.1) is 0 Å². The van der Waals surface area contributed by atoms with Gasteiger partial charge in [-0.25, -0.2) is 4.98 Å². The second-order valence-corrected chi connectivity index (χ2v) is 8.13. The Morgan fingerprint density at radius 2 is 2.08 bits per heavy atom. The second kappa shape index (κ2) is 7.58. The van der Waals surface area contributed by atoms with Crippen molar-refractivity contribution in [1.82, 2.24) is 9.97 Å². The molecule has 1 aromatic heterocycles. The monoisotopic (exact) mass is 398 g/mol. The normalized spacial score (nSPS) is 16.9. The van der Waals surface area contributed by atoms with Gasteiger partial charge in [0.05, 0.1) is 21.3 Å². The second-order valence-electron chi connectivity index (χ2n) is 6.26. The maximum Gasteiger partial charge on any atom is 0.291 e. The van der Waals surface area contributed by atoms with Gasteiger partial charge >= 0.3 is 0 Å². The van der Waals surface area contributed by atoms with Gasteiger partial charge in [0.25, 0.3) is 5.56 Å². The molecule has 0 unspecified atom stereocenters. The van der Waals surface area contributed by atoms with Crippen LogP contribution in [-0.2, 0) is 0 Å². The molecule has 134 valence electrons. The fraction of sp³-hybridized carbons (Fsp3) is 0.412. The summed E-state index contributed by atoms with van der Waals surface area (Å²) in [6, 6.07) is 5.39. The van der Waals surface area contributed by atoms with E-state index in [1.807, 2.05) is 17.0 Å². The van der Waals surface area contributed by atoms with E-state index >= 15 is 0 Å². The Morgan fingerprint density at radius 1 is 1.36 bits per heavy atom. The van der Waals surface area contributed by atoms with Crippen molar-refractivity contribution in [2.45, 2.75) is 41.6 Å². The van der Waals surface area contributed by atoms with Crippen molar-refractivity contribution in [3.05, 3.63) is 44.8 Å². The summed E-state index contributed by atoms with van der Waals surface area (Å²) in [4.78, 5) is 22.5. The molecular formula is C17H20Cl2N4OS. The highest BCUT2D eigenvalue weighted by molar-refractivity contribution is 7.99. The number of H-pyrrole nitrogens is 1. The molecule has 1 aliphatic rings. The van der Waals surface area contributed by atoms with Crippen LogP contribution in [0.2, 0.25) is 10.0 Å². The lowest BCUT2D eigenvalue weighted by atomic mass is 9.86. The smallest absolute Gasteiger partial charge is 0.291 e. The van der Waals surface area contributed by atoms with Gasteiger partial charge in [-0.05, 0) is 31.4 Å². The molecule has 0 aliphatic carbocycles. The van der Waals surface area contributed by atoms with E-state index < -0.39 is 0 Å². The quantitative estimate of drug-likeness (QED) is 0.815. The van der Waals surface area contributed by atoms with E-state index in [4.69, 9.17) is 28.9 Å². The summed E-state index contributed by atoms with van der Waals surface area (Å²) in [5.74, 6) is 0.444. The molecule has 8 heteroatoms. The number of halogens is 2. The van der Waals surface area contributed by atoms with Crippen LogP contribution in [0.15, 0.2) is 39.1 Å². The molecule has 0 amide bonds. The summed E-state index contributed by atoms with van der Waals surface area (Å²) >= 11 is 13.5. The number of nitrogens with two attached hydrogens (primary N) is 1. The molecule has 1 fully saturated rings. The van der Waals surface area contributed by atoms with E-state index in [9.17, 15) is 4.79 Å². The molecule has 5 nitrogen and oxygen atoms in total. The Morgan fingerprint density at radius 3 is 2.72 bits per heavy atom. The number of hydrogen-bond acceptors (Lipinski definition) is 5. The first-order chi connectivity index (χ1) is 11.9. The SMILES string of the molecule is CCC1(N)CCN(c2ncc(Sc3cccc(Cl)c3Cl)[nH]c2=O)CC1. The van der Waals surface area contributed by atoms with Gasteiger partial charge in [-0.3, -0.25) is 4.79 Å². The predicted octanol–water partition coefficient (Wildman–Crippen LogP) is 3.94. The molecular weight excluding hydrogens is 379 g/mol. The number of hydrogen-bond donors (Lipinski definition) is 2. The van der Waals surface area contributed by atoms with Crippen molar-refractivity contribution in [2.24, 2.45) is 5.73 Å². The number of nitrogens with one attached hydrogen (secondary N) is 1. The van der Waals surface area contributed by atoms with E-state index in [-0.39, 0.29) is 11.1 Å². The zero-order valence-electron chi connectivity index (χ0n) is 13.9. The number of benzene rings is 1. The molecule has 3 rings (SSSR count). The average molecular weight is 399 g/mol. The van der Waals surface area contributed by atoms with E-state index in [0.717, 1.165) is 37.2 Å². The van der Waals surface area contributed by atoms with Crippen LogP contribution in [0.4, 0.5) is 5.82 Å². The maximum absolute atomic E-state index is 12.4. The van der Waals surface area contributed by atoms with Crippen LogP contribution in [0.1, 0.15) is 26.2 Å². The van der Waals surface area contributed by atoms with Crippen LogP contribution in [-0.4, -0.2) is 28.6 Å². The summed E-state index contributed by atoms with van der Waals surface area (Å²) in [7, 11) is 0. The summed E-state index contributed by atoms with van der Waals surface area (Å²) in [5.41, 5.74) is 5.99. The lowest BCUT2D eigenvalue weighted by Crippen LogP contribution is -2.51. The summed E-state index contributed by atoms with van der Waals surface area (Å²) in [6.45, 7) is 3.59. The lowest BCUT2D eigenvalue weighted by molar-refractivity contribution is 0.322. The average Bonchev–Trinajstić information content (AvgIpc) is 2.60. The molecule has 0 atom stereocenters. The molecule has 2 heterocycles. The molecule has 0 saturated carbocycles. The van der Waals surface area contributed by atoms with Gasteiger partial charge in [0.2, 0.25) is 0 Å². The fourth-order valence-electron chi connectivity index (χ4n) is 2.85. The van der Waals surface area contributed by atoms with Gasteiger partial charge in [-0.15, -0.1) is 0 Å². The predicted molar refractivity (Wildman–Crippen MR) is 104 cm³/mol. The van der Waals surface area contributed by atoms with Crippen LogP contribution in [0.25, 0.3) is 0 Å². The van der Waals surface area contributed by atoms with Crippen molar-refractivity contribution in [1.29, 1.82) is 0 Å². The maximum atomic E-state index is 12.4. The van der Waals surface area contributed by atoms with Crippen molar-refractivity contribution in [3.63, 3.8) is 0 Å². The van der Waals surface area contributed by atoms with Crippen molar-refractivity contribution >= 4 is 40.8 Å². The van der Waals surface area contributed by atoms with Crippen LogP contribution in [0.5, 0.6) is 0 Å². The third-order valence-corrected chi connectivity index (χ3v) is 6.56. The number of rotatable bonds is 4. The molecule has 0 radical (unpaired) electrons. The Balaban J connectivity index is 1.76. The highest BCUT2D eigenvalue weighted by Gasteiger charge is 2.30.